The summed E-state index contributed by atoms with van der Waals surface area (Å²) in [7, 11) is -2.42. The number of anilines is 1. The molecule has 3 rings (SSSR count). The first-order valence-electron chi connectivity index (χ1n) is 9.12. The molecule has 1 N–H and O–H groups in total. The first kappa shape index (κ1) is 21.8. The molecule has 8 heteroatoms. The van der Waals surface area contributed by atoms with Crippen LogP contribution in [0.4, 0.5) is 5.69 Å². The van der Waals surface area contributed by atoms with E-state index >= 15 is 0 Å². The van der Waals surface area contributed by atoms with Gasteiger partial charge in [0.15, 0.2) is 0 Å². The zero-order chi connectivity index (χ0) is 21.6. The molecule has 30 heavy (non-hydrogen) atoms. The van der Waals surface area contributed by atoms with Crippen molar-refractivity contribution in [2.24, 2.45) is 0 Å². The number of carbonyl (C=O) groups is 1. The summed E-state index contributed by atoms with van der Waals surface area (Å²) in [6.07, 6.45) is 0. The van der Waals surface area contributed by atoms with Crippen molar-refractivity contribution in [2.75, 3.05) is 19.0 Å². The van der Waals surface area contributed by atoms with Gasteiger partial charge in [-0.1, -0.05) is 41.9 Å². The maximum Gasteiger partial charge on any atom is 0.243 e. The lowest BCUT2D eigenvalue weighted by molar-refractivity contribution is -0.116. The average molecular weight is 445 g/mol. The highest BCUT2D eigenvalue weighted by atomic mass is 35.5. The topological polar surface area (TPSA) is 75.7 Å². The predicted molar refractivity (Wildman–Crippen MR) is 117 cm³/mol. The number of rotatable bonds is 8. The largest absolute Gasteiger partial charge is 0.497 e. The van der Waals surface area contributed by atoms with E-state index in [-0.39, 0.29) is 18.0 Å². The molecule has 1 amide bonds. The summed E-state index contributed by atoms with van der Waals surface area (Å²) in [6, 6.07) is 21.8. The fourth-order valence-electron chi connectivity index (χ4n) is 2.80. The SMILES string of the molecule is COc1ccc(S(=O)(=O)N(CC(=O)Nc2ccc(Cl)cc2)Cc2ccccc2)cc1. The number of nitrogens with zero attached hydrogens (tertiary/aromatic N) is 1. The number of carbonyl (C=O) groups excluding carboxylic acids is 1. The molecule has 0 aliphatic carbocycles. The van der Waals surface area contributed by atoms with Crippen molar-refractivity contribution in [2.45, 2.75) is 11.4 Å². The second-order valence-corrected chi connectivity index (χ2v) is 8.86. The van der Waals surface area contributed by atoms with E-state index in [0.717, 1.165) is 9.87 Å². The zero-order valence-corrected chi connectivity index (χ0v) is 17.9. The summed E-state index contributed by atoms with van der Waals surface area (Å²) < 4.78 is 32.8. The van der Waals surface area contributed by atoms with Gasteiger partial charge in [0.2, 0.25) is 15.9 Å². The van der Waals surface area contributed by atoms with E-state index in [9.17, 15) is 13.2 Å². The summed E-state index contributed by atoms with van der Waals surface area (Å²) in [4.78, 5) is 12.7. The number of halogens is 1. The fourth-order valence-corrected chi connectivity index (χ4v) is 4.31. The number of hydrogen-bond donors (Lipinski definition) is 1. The molecule has 0 aliphatic rings. The lowest BCUT2D eigenvalue weighted by atomic mass is 10.2. The van der Waals surface area contributed by atoms with Gasteiger partial charge in [0.25, 0.3) is 0 Å². The molecule has 0 aliphatic heterocycles. The van der Waals surface area contributed by atoms with Crippen LogP contribution in [0, 0.1) is 0 Å². The van der Waals surface area contributed by atoms with Gasteiger partial charge in [-0.3, -0.25) is 4.79 Å². The molecule has 3 aromatic carbocycles. The summed E-state index contributed by atoms with van der Waals surface area (Å²) in [6.45, 7) is -0.283. The second-order valence-electron chi connectivity index (χ2n) is 6.49. The Balaban J connectivity index is 1.85. The molecule has 3 aromatic rings. The molecule has 0 heterocycles. The summed E-state index contributed by atoms with van der Waals surface area (Å²) in [5.74, 6) is 0.0920. The summed E-state index contributed by atoms with van der Waals surface area (Å²) in [5.41, 5.74) is 1.31. The molecule has 0 saturated carbocycles. The number of nitrogens with one attached hydrogen (secondary N) is 1. The third-order valence-electron chi connectivity index (χ3n) is 4.35. The molecular formula is C22H21ClN2O4S. The Morgan fingerprint density at radius 2 is 1.60 bits per heavy atom. The highest BCUT2D eigenvalue weighted by Crippen LogP contribution is 2.22. The van der Waals surface area contributed by atoms with Crippen molar-refractivity contribution in [3.05, 3.63) is 89.4 Å². The Bertz CT molecular complexity index is 1090. The second kappa shape index (κ2) is 9.75. The number of methoxy groups -OCH3 is 1. The van der Waals surface area contributed by atoms with Gasteiger partial charge in [-0.25, -0.2) is 8.42 Å². The fraction of sp³-hybridized carbons (Fsp3) is 0.136. The Morgan fingerprint density at radius 3 is 2.20 bits per heavy atom. The highest BCUT2D eigenvalue weighted by molar-refractivity contribution is 7.89. The van der Waals surface area contributed by atoms with Gasteiger partial charge < -0.3 is 10.1 Å². The molecule has 0 radical (unpaired) electrons. The minimum atomic E-state index is -3.92. The average Bonchev–Trinajstić information content (AvgIpc) is 2.75. The van der Waals surface area contributed by atoms with E-state index < -0.39 is 15.9 Å². The number of ether oxygens (including phenoxy) is 1. The van der Waals surface area contributed by atoms with Crippen molar-refractivity contribution < 1.29 is 17.9 Å². The first-order valence-corrected chi connectivity index (χ1v) is 10.9. The van der Waals surface area contributed by atoms with Crippen LogP contribution in [0.5, 0.6) is 5.75 Å². The monoisotopic (exact) mass is 444 g/mol. The molecule has 0 atom stereocenters. The smallest absolute Gasteiger partial charge is 0.243 e. The van der Waals surface area contributed by atoms with E-state index in [0.29, 0.717) is 16.5 Å². The molecule has 0 fully saturated rings. The minimum absolute atomic E-state index is 0.0588. The van der Waals surface area contributed by atoms with E-state index in [1.807, 2.05) is 30.3 Å². The van der Waals surface area contributed by atoms with Gasteiger partial charge >= 0.3 is 0 Å². The number of sulfonamides is 1. The van der Waals surface area contributed by atoms with Crippen LogP contribution in [0.15, 0.2) is 83.8 Å². The number of hydrogen-bond acceptors (Lipinski definition) is 4. The van der Waals surface area contributed by atoms with Crippen LogP contribution in [-0.2, 0) is 21.4 Å². The van der Waals surface area contributed by atoms with Crippen molar-refractivity contribution in [3.8, 4) is 5.75 Å². The molecular weight excluding hydrogens is 424 g/mol. The molecule has 6 nitrogen and oxygen atoms in total. The van der Waals surface area contributed by atoms with E-state index in [1.54, 1.807) is 36.4 Å². The first-order chi connectivity index (χ1) is 14.4. The highest BCUT2D eigenvalue weighted by Gasteiger charge is 2.27. The molecule has 0 saturated heterocycles. The molecule has 0 spiro atoms. The van der Waals surface area contributed by atoms with Crippen molar-refractivity contribution in [1.82, 2.24) is 4.31 Å². The van der Waals surface area contributed by atoms with Crippen LogP contribution in [0.3, 0.4) is 0 Å². The third-order valence-corrected chi connectivity index (χ3v) is 6.40. The van der Waals surface area contributed by atoms with Crippen molar-refractivity contribution in [1.29, 1.82) is 0 Å². The summed E-state index contributed by atoms with van der Waals surface area (Å²) >= 11 is 5.86. The van der Waals surface area contributed by atoms with E-state index in [2.05, 4.69) is 5.32 Å². The van der Waals surface area contributed by atoms with Crippen LogP contribution < -0.4 is 10.1 Å². The minimum Gasteiger partial charge on any atom is -0.497 e. The van der Waals surface area contributed by atoms with Crippen LogP contribution >= 0.6 is 11.6 Å². The quantitative estimate of drug-likeness (QED) is 0.565. The van der Waals surface area contributed by atoms with Gasteiger partial charge in [-0.2, -0.15) is 4.31 Å². The maximum absolute atomic E-state index is 13.3. The van der Waals surface area contributed by atoms with E-state index in [4.69, 9.17) is 16.3 Å². The number of benzene rings is 3. The Hall–Kier alpha value is -2.87. The molecule has 156 valence electrons. The maximum atomic E-state index is 13.3. The van der Waals surface area contributed by atoms with E-state index in [1.165, 1.54) is 19.2 Å². The van der Waals surface area contributed by atoms with Crippen LogP contribution in [0.1, 0.15) is 5.56 Å². The number of amides is 1. The Morgan fingerprint density at radius 1 is 0.967 bits per heavy atom. The van der Waals surface area contributed by atoms with Gasteiger partial charge in [-0.15, -0.1) is 0 Å². The Labute approximate surface area is 181 Å². The Kier molecular flexibility index (Phi) is 7.10. The van der Waals surface area contributed by atoms with Gasteiger partial charge in [0.05, 0.1) is 18.6 Å². The van der Waals surface area contributed by atoms with Gasteiger partial charge in [-0.05, 0) is 54.1 Å². The van der Waals surface area contributed by atoms with Gasteiger partial charge in [0.1, 0.15) is 5.75 Å². The molecule has 0 aromatic heterocycles. The molecule has 0 bridgehead atoms. The third kappa shape index (κ3) is 5.60. The van der Waals surface area contributed by atoms with Crippen molar-refractivity contribution in [3.63, 3.8) is 0 Å². The van der Waals surface area contributed by atoms with Crippen LogP contribution in [-0.4, -0.2) is 32.3 Å². The lowest BCUT2D eigenvalue weighted by Gasteiger charge is -2.22. The summed E-state index contributed by atoms with van der Waals surface area (Å²) in [5, 5.41) is 3.25. The normalized spacial score (nSPS) is 11.3. The van der Waals surface area contributed by atoms with Crippen LogP contribution in [0.25, 0.3) is 0 Å². The lowest BCUT2D eigenvalue weighted by Crippen LogP contribution is -2.37. The predicted octanol–water partition coefficient (Wildman–Crippen LogP) is 4.18. The van der Waals surface area contributed by atoms with Crippen molar-refractivity contribution >= 4 is 33.2 Å². The zero-order valence-electron chi connectivity index (χ0n) is 16.3. The standard InChI is InChI=1S/C22H21ClN2O4S/c1-29-20-11-13-21(14-12-20)30(27,28)25(15-17-5-3-2-4-6-17)16-22(26)24-19-9-7-18(23)8-10-19/h2-14H,15-16H2,1H3,(H,24,26). The van der Waals surface area contributed by atoms with Gasteiger partial charge in [0, 0.05) is 17.3 Å². The van der Waals surface area contributed by atoms with Crippen LogP contribution in [0.2, 0.25) is 5.02 Å². The molecule has 0 unspecified atom stereocenters.